The Hall–Kier alpha value is -2.62. The van der Waals surface area contributed by atoms with Crippen molar-refractivity contribution in [3.63, 3.8) is 0 Å². The molecule has 1 aromatic carbocycles. The largest absolute Gasteiger partial charge is 0.421 e. The van der Waals surface area contributed by atoms with Crippen molar-refractivity contribution in [1.29, 1.82) is 0 Å². The number of benzene rings is 1. The van der Waals surface area contributed by atoms with Gasteiger partial charge in [-0.25, -0.2) is 26.9 Å². The second kappa shape index (κ2) is 10.3. The Bertz CT molecular complexity index is 1240. The van der Waals surface area contributed by atoms with Gasteiger partial charge in [-0.05, 0) is 50.9 Å². The maximum absolute atomic E-state index is 14.8. The molecule has 2 aromatic rings. The van der Waals surface area contributed by atoms with Crippen molar-refractivity contribution < 1.29 is 35.5 Å². The van der Waals surface area contributed by atoms with Crippen LogP contribution >= 0.6 is 0 Å². The van der Waals surface area contributed by atoms with Crippen molar-refractivity contribution in [2.24, 2.45) is 0 Å². The SMILES string of the molecule is C[C@]1(O)CCCN(c2nc(Nc3ccc(S(=O)(=O)N[C@@H]4CCNC[C@@H]4F)cc3F)ncc2C(F)(F)F)C1. The number of β-amino-alcohol motifs (C(OH)–C–C–N with tert-alkyl or cyclic N) is 1. The highest BCUT2D eigenvalue weighted by Crippen LogP contribution is 2.37. The molecule has 2 aliphatic rings. The highest BCUT2D eigenvalue weighted by molar-refractivity contribution is 7.89. The maximum atomic E-state index is 14.8. The van der Waals surface area contributed by atoms with E-state index < -0.39 is 56.1 Å². The van der Waals surface area contributed by atoms with Crippen LogP contribution in [0.2, 0.25) is 0 Å². The van der Waals surface area contributed by atoms with Crippen molar-refractivity contribution in [2.75, 3.05) is 36.4 Å². The predicted octanol–water partition coefficient (Wildman–Crippen LogP) is 2.71. The van der Waals surface area contributed by atoms with Crippen molar-refractivity contribution in [2.45, 2.75) is 55.1 Å². The Morgan fingerprint density at radius 2 is 2.05 bits per heavy atom. The van der Waals surface area contributed by atoms with Crippen LogP contribution in [0.1, 0.15) is 31.7 Å². The summed E-state index contributed by atoms with van der Waals surface area (Å²) < 4.78 is 97.2. The highest BCUT2D eigenvalue weighted by atomic mass is 32.2. The van der Waals surface area contributed by atoms with E-state index >= 15 is 0 Å². The molecule has 0 saturated carbocycles. The first-order chi connectivity index (χ1) is 17.2. The molecule has 0 aliphatic carbocycles. The quantitative estimate of drug-likeness (QED) is 0.406. The minimum absolute atomic E-state index is 0.00546. The summed E-state index contributed by atoms with van der Waals surface area (Å²) in [6.45, 7) is 2.08. The number of anilines is 3. The summed E-state index contributed by atoms with van der Waals surface area (Å²) in [5.74, 6) is -1.84. The molecule has 204 valence electrons. The van der Waals surface area contributed by atoms with Crippen molar-refractivity contribution in [3.8, 4) is 0 Å². The van der Waals surface area contributed by atoms with Crippen LogP contribution in [0.15, 0.2) is 29.3 Å². The molecule has 3 heterocycles. The molecule has 2 saturated heterocycles. The number of halogens is 5. The zero-order valence-electron chi connectivity index (χ0n) is 19.8. The van der Waals surface area contributed by atoms with Crippen LogP contribution in [-0.4, -0.2) is 67.5 Å². The van der Waals surface area contributed by atoms with Gasteiger partial charge in [-0.1, -0.05) is 0 Å². The van der Waals surface area contributed by atoms with Gasteiger partial charge in [0.25, 0.3) is 0 Å². The van der Waals surface area contributed by atoms with Gasteiger partial charge >= 0.3 is 6.18 Å². The number of hydrogen-bond acceptors (Lipinski definition) is 8. The zero-order valence-corrected chi connectivity index (χ0v) is 20.6. The number of rotatable bonds is 6. The fourth-order valence-corrected chi connectivity index (χ4v) is 5.69. The molecule has 3 atom stereocenters. The van der Waals surface area contributed by atoms with Gasteiger partial charge in [0.15, 0.2) is 0 Å². The third kappa shape index (κ3) is 6.45. The smallest absolute Gasteiger partial charge is 0.388 e. The molecular formula is C22H27F5N6O3S. The lowest BCUT2D eigenvalue weighted by Gasteiger charge is -2.38. The molecule has 4 rings (SSSR count). The van der Waals surface area contributed by atoms with Gasteiger partial charge < -0.3 is 20.6 Å². The van der Waals surface area contributed by atoms with Gasteiger partial charge in [0, 0.05) is 25.8 Å². The first kappa shape index (κ1) is 27.4. The van der Waals surface area contributed by atoms with Crippen molar-refractivity contribution >= 4 is 27.5 Å². The Kier molecular flexibility index (Phi) is 7.61. The topological polar surface area (TPSA) is 119 Å². The van der Waals surface area contributed by atoms with Crippen LogP contribution in [0, 0.1) is 5.82 Å². The molecule has 4 N–H and O–H groups in total. The molecule has 37 heavy (non-hydrogen) atoms. The predicted molar refractivity (Wildman–Crippen MR) is 125 cm³/mol. The lowest BCUT2D eigenvalue weighted by molar-refractivity contribution is -0.137. The number of nitrogens with one attached hydrogen (secondary N) is 3. The molecule has 0 spiro atoms. The minimum atomic E-state index is -4.77. The summed E-state index contributed by atoms with van der Waals surface area (Å²) >= 11 is 0. The fraction of sp³-hybridized carbons (Fsp3) is 0.545. The fourth-order valence-electron chi connectivity index (χ4n) is 4.38. The monoisotopic (exact) mass is 550 g/mol. The molecule has 1 aromatic heterocycles. The van der Waals surface area contributed by atoms with Crippen LogP contribution in [-0.2, 0) is 16.2 Å². The second-order valence-electron chi connectivity index (χ2n) is 9.45. The van der Waals surface area contributed by atoms with Gasteiger partial charge in [0.1, 0.15) is 23.4 Å². The summed E-state index contributed by atoms with van der Waals surface area (Å²) in [6.07, 6.45) is -4.55. The highest BCUT2D eigenvalue weighted by Gasteiger charge is 2.39. The Morgan fingerprint density at radius 1 is 1.30 bits per heavy atom. The van der Waals surface area contributed by atoms with E-state index in [0.29, 0.717) is 31.6 Å². The van der Waals surface area contributed by atoms with E-state index in [-0.39, 0.29) is 37.7 Å². The van der Waals surface area contributed by atoms with Crippen molar-refractivity contribution in [3.05, 3.63) is 35.8 Å². The van der Waals surface area contributed by atoms with E-state index in [1.807, 2.05) is 0 Å². The average molecular weight is 551 g/mol. The van der Waals surface area contributed by atoms with Gasteiger partial charge in [-0.3, -0.25) is 0 Å². The van der Waals surface area contributed by atoms with Gasteiger partial charge in [-0.15, -0.1) is 0 Å². The first-order valence-corrected chi connectivity index (χ1v) is 13.1. The number of sulfonamides is 1. The van der Waals surface area contributed by atoms with Gasteiger partial charge in [-0.2, -0.15) is 18.2 Å². The number of aliphatic hydroxyl groups is 1. The van der Waals surface area contributed by atoms with E-state index in [1.165, 1.54) is 11.8 Å². The summed E-state index contributed by atoms with van der Waals surface area (Å²) in [5.41, 5.74) is -2.59. The number of nitrogens with zero attached hydrogens (tertiary/aromatic N) is 3. The van der Waals surface area contributed by atoms with E-state index in [9.17, 15) is 35.5 Å². The van der Waals surface area contributed by atoms with Crippen LogP contribution in [0.4, 0.5) is 39.4 Å². The Balaban J connectivity index is 1.57. The minimum Gasteiger partial charge on any atom is -0.388 e. The summed E-state index contributed by atoms with van der Waals surface area (Å²) in [6, 6.07) is 1.91. The van der Waals surface area contributed by atoms with Crippen molar-refractivity contribution in [1.82, 2.24) is 20.0 Å². The second-order valence-corrected chi connectivity index (χ2v) is 11.2. The molecule has 2 fully saturated rings. The zero-order chi connectivity index (χ0) is 27.0. The number of alkyl halides is 4. The number of aromatic nitrogens is 2. The standard InChI is InChI=1S/C22H27F5N6O3S/c1-21(34)6-2-8-33(12-21)19-14(22(25,26)27)10-29-20(31-19)30-17-4-3-13(9-15(17)23)37(35,36)32-18-5-7-28-11-16(18)24/h3-4,9-10,16,18,28,32,34H,2,5-8,11-12H2,1H3,(H,29,30,31)/t16-,18+,21-/m0/s1. The lowest BCUT2D eigenvalue weighted by Crippen LogP contribution is -2.50. The molecule has 9 nitrogen and oxygen atoms in total. The van der Waals surface area contributed by atoms with E-state index in [2.05, 4.69) is 25.3 Å². The summed E-state index contributed by atoms with van der Waals surface area (Å²) in [7, 11) is -4.23. The third-order valence-corrected chi connectivity index (χ3v) is 7.75. The molecule has 0 bridgehead atoms. The van der Waals surface area contributed by atoms with Gasteiger partial charge in [0.2, 0.25) is 16.0 Å². The van der Waals surface area contributed by atoms with Crippen LogP contribution in [0.3, 0.4) is 0 Å². The normalized spacial score (nSPS) is 25.2. The van der Waals surface area contributed by atoms with Gasteiger partial charge in [0.05, 0.1) is 22.2 Å². The van der Waals surface area contributed by atoms with Crippen LogP contribution in [0.5, 0.6) is 0 Å². The van der Waals surface area contributed by atoms with E-state index in [4.69, 9.17) is 0 Å². The van der Waals surface area contributed by atoms with Crippen LogP contribution < -0.4 is 20.3 Å². The average Bonchev–Trinajstić information content (AvgIpc) is 2.80. The van der Waals surface area contributed by atoms with Crippen LogP contribution in [0.25, 0.3) is 0 Å². The molecule has 15 heteroatoms. The lowest BCUT2D eigenvalue weighted by atomic mass is 9.95. The number of piperidine rings is 2. The summed E-state index contributed by atoms with van der Waals surface area (Å²) in [4.78, 5) is 8.47. The third-order valence-electron chi connectivity index (χ3n) is 6.26. The Morgan fingerprint density at radius 3 is 2.70 bits per heavy atom. The van der Waals surface area contributed by atoms with E-state index in [0.717, 1.165) is 12.1 Å². The Labute approximate surface area is 210 Å². The molecule has 0 radical (unpaired) electrons. The summed E-state index contributed by atoms with van der Waals surface area (Å²) in [5, 5.41) is 15.6. The molecule has 0 unspecified atom stereocenters. The maximum Gasteiger partial charge on any atom is 0.421 e. The van der Waals surface area contributed by atoms with E-state index in [1.54, 1.807) is 0 Å². The molecule has 0 amide bonds. The molecular weight excluding hydrogens is 523 g/mol. The first-order valence-electron chi connectivity index (χ1n) is 11.6. The molecule has 2 aliphatic heterocycles. The number of hydrogen-bond donors (Lipinski definition) is 4.